The number of benzene rings is 2. The first kappa shape index (κ1) is 21.0. The maximum Gasteiger partial charge on any atom is 0.416 e. The fraction of sp³-hybridized carbons (Fsp3) is 0.381. The van der Waals surface area contributed by atoms with Gasteiger partial charge in [0.2, 0.25) is 0 Å². The fourth-order valence-electron chi connectivity index (χ4n) is 2.93. The zero-order valence-corrected chi connectivity index (χ0v) is 15.2. The number of hydrogen-bond acceptors (Lipinski definition) is 2. The topological polar surface area (TPSA) is 49.3 Å². The van der Waals surface area contributed by atoms with Crippen LogP contribution < -0.4 is 5.32 Å². The van der Waals surface area contributed by atoms with Crippen LogP contribution in [-0.2, 0) is 17.4 Å². The van der Waals surface area contributed by atoms with Gasteiger partial charge in [0, 0.05) is 19.0 Å². The van der Waals surface area contributed by atoms with Gasteiger partial charge in [-0.25, -0.2) is 0 Å². The quantitative estimate of drug-likeness (QED) is 0.653. The number of hydrogen-bond donors (Lipinski definition) is 2. The molecule has 0 amide bonds. The molecule has 146 valence electrons. The minimum atomic E-state index is -4.34. The number of aliphatic carboxylic acids is 1. The van der Waals surface area contributed by atoms with E-state index in [0.717, 1.165) is 23.3 Å². The Hall–Kier alpha value is -2.34. The summed E-state index contributed by atoms with van der Waals surface area (Å²) in [5.74, 6) is -0.832. The summed E-state index contributed by atoms with van der Waals surface area (Å²) in [6, 6.07) is 15.0. The molecule has 2 atom stereocenters. The third-order valence-electron chi connectivity index (χ3n) is 4.55. The molecule has 0 bridgehead atoms. The van der Waals surface area contributed by atoms with Gasteiger partial charge in [0.1, 0.15) is 0 Å². The number of carboxylic acids is 1. The Labute approximate surface area is 157 Å². The van der Waals surface area contributed by atoms with Gasteiger partial charge in [-0.2, -0.15) is 13.2 Å². The van der Waals surface area contributed by atoms with Gasteiger partial charge in [-0.15, -0.1) is 0 Å². The Morgan fingerprint density at radius 3 is 2.26 bits per heavy atom. The number of alkyl halides is 3. The van der Waals surface area contributed by atoms with Gasteiger partial charge in [0.15, 0.2) is 0 Å². The van der Waals surface area contributed by atoms with Crippen molar-refractivity contribution in [1.82, 2.24) is 5.32 Å². The average Bonchev–Trinajstić information content (AvgIpc) is 2.64. The third kappa shape index (κ3) is 7.06. The fourth-order valence-corrected chi connectivity index (χ4v) is 2.93. The number of halogens is 3. The van der Waals surface area contributed by atoms with E-state index in [1.54, 1.807) is 0 Å². The van der Waals surface area contributed by atoms with Crippen LogP contribution in [0, 0.1) is 0 Å². The molecule has 0 radical (unpaired) electrons. The van der Waals surface area contributed by atoms with E-state index in [2.05, 4.69) is 5.32 Å². The molecule has 0 fully saturated rings. The zero-order chi connectivity index (χ0) is 19.9. The Morgan fingerprint density at radius 1 is 1.07 bits per heavy atom. The summed E-state index contributed by atoms with van der Waals surface area (Å²) < 4.78 is 38.0. The lowest BCUT2D eigenvalue weighted by Crippen LogP contribution is -2.34. The van der Waals surface area contributed by atoms with Gasteiger partial charge >= 0.3 is 12.1 Å². The summed E-state index contributed by atoms with van der Waals surface area (Å²) in [7, 11) is 0. The molecule has 3 nitrogen and oxygen atoms in total. The Balaban J connectivity index is 1.96. The second-order valence-corrected chi connectivity index (χ2v) is 6.75. The second-order valence-electron chi connectivity index (χ2n) is 6.75. The molecule has 0 aliphatic rings. The summed E-state index contributed by atoms with van der Waals surface area (Å²) in [4.78, 5) is 10.9. The highest BCUT2D eigenvalue weighted by atomic mass is 19.4. The van der Waals surface area contributed by atoms with E-state index in [4.69, 9.17) is 5.11 Å². The lowest BCUT2D eigenvalue weighted by molar-refractivity contribution is -0.138. The molecule has 2 rings (SSSR count). The maximum absolute atomic E-state index is 12.7. The van der Waals surface area contributed by atoms with Gasteiger partial charge in [-0.3, -0.25) is 4.79 Å². The van der Waals surface area contributed by atoms with E-state index < -0.39 is 17.7 Å². The van der Waals surface area contributed by atoms with Crippen LogP contribution in [0.1, 0.15) is 42.4 Å². The number of carboxylic acid groups (broad SMARTS) is 1. The van der Waals surface area contributed by atoms with Crippen LogP contribution in [0.2, 0.25) is 0 Å². The van der Waals surface area contributed by atoms with Crippen molar-refractivity contribution in [2.75, 3.05) is 6.54 Å². The first-order chi connectivity index (χ1) is 12.8. The molecule has 2 unspecified atom stereocenters. The molecule has 0 heterocycles. The zero-order valence-electron chi connectivity index (χ0n) is 15.2. The van der Waals surface area contributed by atoms with E-state index in [0.29, 0.717) is 19.4 Å². The van der Waals surface area contributed by atoms with E-state index in [-0.39, 0.29) is 18.4 Å². The van der Waals surface area contributed by atoms with Crippen LogP contribution in [0.25, 0.3) is 0 Å². The summed E-state index contributed by atoms with van der Waals surface area (Å²) in [5, 5.41) is 12.3. The van der Waals surface area contributed by atoms with Crippen molar-refractivity contribution in [2.24, 2.45) is 0 Å². The monoisotopic (exact) mass is 379 g/mol. The highest BCUT2D eigenvalue weighted by Crippen LogP contribution is 2.30. The molecule has 0 saturated carbocycles. The lowest BCUT2D eigenvalue weighted by Gasteiger charge is -2.21. The van der Waals surface area contributed by atoms with E-state index in [1.807, 2.05) is 37.3 Å². The van der Waals surface area contributed by atoms with Gasteiger partial charge in [-0.1, -0.05) is 49.4 Å². The summed E-state index contributed by atoms with van der Waals surface area (Å²) in [6.45, 7) is 2.49. The smallest absolute Gasteiger partial charge is 0.416 e. The van der Waals surface area contributed by atoms with Crippen molar-refractivity contribution in [2.45, 2.75) is 44.3 Å². The van der Waals surface area contributed by atoms with Crippen molar-refractivity contribution in [1.29, 1.82) is 0 Å². The summed E-state index contributed by atoms with van der Waals surface area (Å²) >= 11 is 0. The molecule has 0 aliphatic carbocycles. The highest BCUT2D eigenvalue weighted by molar-refractivity contribution is 5.66. The van der Waals surface area contributed by atoms with E-state index in [1.165, 1.54) is 12.1 Å². The predicted molar refractivity (Wildman–Crippen MR) is 98.7 cm³/mol. The molecule has 0 spiro atoms. The van der Waals surface area contributed by atoms with Crippen LogP contribution in [0.15, 0.2) is 54.6 Å². The summed E-state index contributed by atoms with van der Waals surface area (Å²) in [6.07, 6.45) is -3.07. The van der Waals surface area contributed by atoms with Crippen molar-refractivity contribution >= 4 is 5.97 Å². The third-order valence-corrected chi connectivity index (χ3v) is 4.55. The number of nitrogens with one attached hydrogen (secondary N) is 1. The largest absolute Gasteiger partial charge is 0.481 e. The van der Waals surface area contributed by atoms with Crippen LogP contribution in [-0.4, -0.2) is 23.7 Å². The molecule has 6 heteroatoms. The normalized spacial score (nSPS) is 13.9. The minimum absolute atomic E-state index is 0.00962. The Morgan fingerprint density at radius 2 is 1.70 bits per heavy atom. The Kier molecular flexibility index (Phi) is 7.42. The molecule has 2 aromatic carbocycles. The van der Waals surface area contributed by atoms with Gasteiger partial charge < -0.3 is 10.4 Å². The molecular weight excluding hydrogens is 355 g/mol. The highest BCUT2D eigenvalue weighted by Gasteiger charge is 2.30. The number of rotatable bonds is 9. The molecule has 0 aromatic heterocycles. The molecule has 27 heavy (non-hydrogen) atoms. The van der Waals surface area contributed by atoms with E-state index >= 15 is 0 Å². The number of carbonyl (C=O) groups is 1. The molecular formula is C21H24F3NO2. The van der Waals surface area contributed by atoms with Crippen molar-refractivity contribution in [3.05, 3.63) is 71.3 Å². The van der Waals surface area contributed by atoms with Crippen LogP contribution in [0.5, 0.6) is 0 Å². The van der Waals surface area contributed by atoms with Crippen molar-refractivity contribution in [3.8, 4) is 0 Å². The lowest BCUT2D eigenvalue weighted by atomic mass is 9.97. The van der Waals surface area contributed by atoms with Crippen LogP contribution >= 0.6 is 0 Å². The minimum Gasteiger partial charge on any atom is -0.481 e. The molecule has 2 N–H and O–H groups in total. The SMILES string of the molecule is CC(CNC(CCC(=O)O)Cc1ccccc1)c1ccc(C(F)(F)F)cc1. The van der Waals surface area contributed by atoms with Gasteiger partial charge in [0.25, 0.3) is 0 Å². The summed E-state index contributed by atoms with van der Waals surface area (Å²) in [5.41, 5.74) is 1.27. The van der Waals surface area contributed by atoms with Crippen molar-refractivity contribution in [3.63, 3.8) is 0 Å². The standard InChI is InChI=1S/C21H24F3NO2/c1-15(17-7-9-18(10-8-17)21(22,23)24)14-25-19(11-12-20(26)27)13-16-5-3-2-4-6-16/h2-10,15,19,25H,11-14H2,1H3,(H,26,27). The van der Waals surface area contributed by atoms with Crippen LogP contribution in [0.3, 0.4) is 0 Å². The van der Waals surface area contributed by atoms with Crippen molar-refractivity contribution < 1.29 is 23.1 Å². The molecule has 0 aliphatic heterocycles. The molecule has 0 saturated heterocycles. The average molecular weight is 379 g/mol. The van der Waals surface area contributed by atoms with Gasteiger partial charge in [0.05, 0.1) is 5.56 Å². The van der Waals surface area contributed by atoms with E-state index in [9.17, 15) is 18.0 Å². The maximum atomic E-state index is 12.7. The predicted octanol–water partition coefficient (Wildman–Crippen LogP) is 4.87. The Bertz CT molecular complexity index is 714. The van der Waals surface area contributed by atoms with Crippen LogP contribution in [0.4, 0.5) is 13.2 Å². The van der Waals surface area contributed by atoms with Gasteiger partial charge in [-0.05, 0) is 42.0 Å². The molecule has 2 aromatic rings. The first-order valence-corrected chi connectivity index (χ1v) is 8.92. The first-order valence-electron chi connectivity index (χ1n) is 8.92. The second kappa shape index (κ2) is 9.55.